The van der Waals surface area contributed by atoms with Crippen molar-refractivity contribution in [2.24, 2.45) is 0 Å². The summed E-state index contributed by atoms with van der Waals surface area (Å²) in [5.74, 6) is -1.85. The largest absolute Gasteiger partial charge is 0.478 e. The van der Waals surface area contributed by atoms with Crippen LogP contribution in [0.4, 0.5) is 5.69 Å². The Morgan fingerprint density at radius 1 is 0.909 bits per heavy atom. The van der Waals surface area contributed by atoms with E-state index in [2.05, 4.69) is 41.9 Å². The van der Waals surface area contributed by atoms with Crippen LogP contribution >= 0.6 is 31.9 Å². The van der Waals surface area contributed by atoms with E-state index in [0.29, 0.717) is 21.8 Å². The first-order chi connectivity index (χ1) is 15.6. The highest BCUT2D eigenvalue weighted by Crippen LogP contribution is 2.27. The molecular formula is C23H18Br2N2O5S. The smallest absolute Gasteiger partial charge is 0.337 e. The molecule has 1 aliphatic carbocycles. The SMILES string of the molecule is O=C(Nc1ccc(Br)cc1C(=O)O)c1cc(S(=O)(=O)NC2Cc3ccccc3C2)ccc1Br. The van der Waals surface area contributed by atoms with Gasteiger partial charge in [0.15, 0.2) is 0 Å². The molecule has 0 spiro atoms. The van der Waals surface area contributed by atoms with Gasteiger partial charge in [0.05, 0.1) is 21.7 Å². The lowest BCUT2D eigenvalue weighted by atomic mass is 10.1. The fraction of sp³-hybridized carbons (Fsp3) is 0.130. The van der Waals surface area contributed by atoms with Gasteiger partial charge in [-0.15, -0.1) is 0 Å². The van der Waals surface area contributed by atoms with Crippen LogP contribution in [0.5, 0.6) is 0 Å². The molecule has 0 fully saturated rings. The van der Waals surface area contributed by atoms with Crippen molar-refractivity contribution in [1.29, 1.82) is 0 Å². The van der Waals surface area contributed by atoms with Crippen LogP contribution in [0, 0.1) is 0 Å². The molecule has 0 saturated carbocycles. The second-order valence-corrected chi connectivity index (χ2v) is 11.1. The van der Waals surface area contributed by atoms with Gasteiger partial charge < -0.3 is 10.4 Å². The molecule has 0 radical (unpaired) electrons. The average Bonchev–Trinajstić information content (AvgIpc) is 3.16. The van der Waals surface area contributed by atoms with Gasteiger partial charge >= 0.3 is 5.97 Å². The van der Waals surface area contributed by atoms with Gasteiger partial charge in [0.25, 0.3) is 5.91 Å². The maximum atomic E-state index is 13.0. The number of aromatic carboxylic acids is 1. The average molecular weight is 594 g/mol. The first-order valence-electron chi connectivity index (χ1n) is 9.87. The summed E-state index contributed by atoms with van der Waals surface area (Å²) >= 11 is 6.48. The van der Waals surface area contributed by atoms with E-state index in [1.165, 1.54) is 30.3 Å². The highest BCUT2D eigenvalue weighted by atomic mass is 79.9. The van der Waals surface area contributed by atoms with E-state index >= 15 is 0 Å². The molecule has 0 saturated heterocycles. The summed E-state index contributed by atoms with van der Waals surface area (Å²) in [7, 11) is -3.89. The third-order valence-electron chi connectivity index (χ3n) is 5.33. The van der Waals surface area contributed by atoms with Crippen molar-refractivity contribution in [3.05, 3.63) is 91.9 Å². The molecule has 1 aliphatic rings. The number of fused-ring (bicyclic) bond motifs is 1. The lowest BCUT2D eigenvalue weighted by molar-refractivity contribution is 0.0698. The molecule has 3 N–H and O–H groups in total. The van der Waals surface area contributed by atoms with Gasteiger partial charge in [-0.2, -0.15) is 0 Å². The van der Waals surface area contributed by atoms with Crippen LogP contribution in [0.3, 0.4) is 0 Å². The van der Waals surface area contributed by atoms with Crippen LogP contribution in [0.25, 0.3) is 0 Å². The van der Waals surface area contributed by atoms with E-state index in [1.807, 2.05) is 24.3 Å². The summed E-state index contributed by atoms with van der Waals surface area (Å²) in [6, 6.07) is 16.1. The molecule has 170 valence electrons. The topological polar surface area (TPSA) is 113 Å². The number of anilines is 1. The van der Waals surface area contributed by atoms with Crippen LogP contribution < -0.4 is 10.0 Å². The molecular weight excluding hydrogens is 576 g/mol. The van der Waals surface area contributed by atoms with Gasteiger partial charge in [0.1, 0.15) is 0 Å². The van der Waals surface area contributed by atoms with E-state index in [1.54, 1.807) is 6.07 Å². The summed E-state index contributed by atoms with van der Waals surface area (Å²) in [6.45, 7) is 0. The lowest BCUT2D eigenvalue weighted by Crippen LogP contribution is -2.35. The maximum Gasteiger partial charge on any atom is 0.337 e. The normalized spacial score (nSPS) is 13.5. The number of carbonyl (C=O) groups excluding carboxylic acids is 1. The first-order valence-corrected chi connectivity index (χ1v) is 12.9. The van der Waals surface area contributed by atoms with Gasteiger partial charge in [-0.1, -0.05) is 40.2 Å². The zero-order valence-corrected chi connectivity index (χ0v) is 21.0. The van der Waals surface area contributed by atoms with Crippen LogP contribution in [-0.4, -0.2) is 31.4 Å². The van der Waals surface area contributed by atoms with Crippen molar-refractivity contribution in [3.8, 4) is 0 Å². The standard InChI is InChI=1S/C23H18Br2N2O5S/c24-15-5-8-21(19(11-15)23(29)30)26-22(28)18-12-17(6-7-20(18)25)33(31,32)27-16-9-13-3-1-2-4-14(13)10-16/h1-8,11-12,16,27H,9-10H2,(H,26,28)(H,29,30). The fourth-order valence-corrected chi connectivity index (χ4v) is 5.82. The Morgan fingerprint density at radius 3 is 2.21 bits per heavy atom. The fourth-order valence-electron chi connectivity index (χ4n) is 3.77. The third kappa shape index (κ3) is 5.19. The van der Waals surface area contributed by atoms with Gasteiger partial charge in [-0.3, -0.25) is 4.79 Å². The second kappa shape index (κ2) is 9.38. The van der Waals surface area contributed by atoms with Crippen LogP contribution in [0.2, 0.25) is 0 Å². The number of hydrogen-bond donors (Lipinski definition) is 3. The number of carboxylic acids is 1. The second-order valence-electron chi connectivity index (χ2n) is 7.59. The van der Waals surface area contributed by atoms with Crippen molar-refractivity contribution >= 4 is 59.4 Å². The Morgan fingerprint density at radius 2 is 1.58 bits per heavy atom. The number of carbonyl (C=O) groups is 2. The van der Waals surface area contributed by atoms with Gasteiger partial charge in [-0.05, 0) is 76.3 Å². The predicted octanol–water partition coefficient (Wildman–Crippen LogP) is 4.61. The zero-order valence-electron chi connectivity index (χ0n) is 17.0. The number of rotatable bonds is 6. The highest BCUT2D eigenvalue weighted by molar-refractivity contribution is 9.10. The van der Waals surface area contributed by atoms with Crippen LogP contribution in [-0.2, 0) is 22.9 Å². The minimum Gasteiger partial charge on any atom is -0.478 e. The Hall–Kier alpha value is -2.53. The summed E-state index contributed by atoms with van der Waals surface area (Å²) in [6.07, 6.45) is 1.20. The van der Waals surface area contributed by atoms with E-state index in [0.717, 1.165) is 11.1 Å². The lowest BCUT2D eigenvalue weighted by Gasteiger charge is -2.14. The number of sulfonamides is 1. The van der Waals surface area contributed by atoms with Crippen molar-refractivity contribution in [3.63, 3.8) is 0 Å². The molecule has 0 aliphatic heterocycles. The minimum absolute atomic E-state index is 0.0546. The summed E-state index contributed by atoms with van der Waals surface area (Å²) < 4.78 is 29.7. The van der Waals surface area contributed by atoms with E-state index in [4.69, 9.17) is 0 Å². The Bertz CT molecular complexity index is 1350. The molecule has 0 aromatic heterocycles. The molecule has 33 heavy (non-hydrogen) atoms. The number of amides is 1. The third-order valence-corrected chi connectivity index (χ3v) is 8.03. The number of benzene rings is 3. The number of nitrogens with one attached hydrogen (secondary N) is 2. The van der Waals surface area contributed by atoms with Crippen molar-refractivity contribution in [1.82, 2.24) is 4.72 Å². The highest BCUT2D eigenvalue weighted by Gasteiger charge is 2.27. The zero-order chi connectivity index (χ0) is 23.8. The quantitative estimate of drug-likeness (QED) is 0.386. The number of carboxylic acid groups (broad SMARTS) is 1. The molecule has 0 bridgehead atoms. The molecule has 1 amide bonds. The predicted molar refractivity (Wildman–Crippen MR) is 131 cm³/mol. The van der Waals surface area contributed by atoms with Gasteiger partial charge in [0.2, 0.25) is 10.0 Å². The maximum absolute atomic E-state index is 13.0. The monoisotopic (exact) mass is 592 g/mol. The van der Waals surface area contributed by atoms with Gasteiger partial charge in [0, 0.05) is 15.0 Å². The van der Waals surface area contributed by atoms with E-state index in [9.17, 15) is 23.1 Å². The summed E-state index contributed by atoms with van der Waals surface area (Å²) in [5.41, 5.74) is 2.29. The van der Waals surface area contributed by atoms with Crippen molar-refractivity contribution in [2.75, 3.05) is 5.32 Å². The van der Waals surface area contributed by atoms with Crippen molar-refractivity contribution in [2.45, 2.75) is 23.8 Å². The summed E-state index contributed by atoms with van der Waals surface area (Å²) in [5, 5.41) is 12.0. The van der Waals surface area contributed by atoms with Crippen LogP contribution in [0.1, 0.15) is 31.8 Å². The Labute approximate surface area is 207 Å². The Kier molecular flexibility index (Phi) is 6.71. The number of halogens is 2. The molecule has 0 unspecified atom stereocenters. The van der Waals surface area contributed by atoms with E-state index in [-0.39, 0.29) is 27.8 Å². The van der Waals surface area contributed by atoms with Gasteiger partial charge in [-0.25, -0.2) is 17.9 Å². The minimum atomic E-state index is -3.89. The first kappa shape index (κ1) is 23.6. The van der Waals surface area contributed by atoms with Crippen molar-refractivity contribution < 1.29 is 23.1 Å². The molecule has 3 aromatic carbocycles. The molecule has 0 heterocycles. The Balaban J connectivity index is 1.57. The van der Waals surface area contributed by atoms with E-state index < -0.39 is 21.9 Å². The molecule has 7 nitrogen and oxygen atoms in total. The summed E-state index contributed by atoms with van der Waals surface area (Å²) in [4.78, 5) is 24.4. The number of hydrogen-bond acceptors (Lipinski definition) is 4. The molecule has 10 heteroatoms. The molecule has 4 rings (SSSR count). The van der Waals surface area contributed by atoms with Crippen LogP contribution in [0.15, 0.2) is 74.5 Å². The molecule has 0 atom stereocenters. The molecule has 3 aromatic rings.